The summed E-state index contributed by atoms with van der Waals surface area (Å²) in [6.45, 7) is 3.66. The summed E-state index contributed by atoms with van der Waals surface area (Å²) >= 11 is 6.11. The van der Waals surface area contributed by atoms with Crippen LogP contribution in [0.1, 0.15) is 29.7 Å². The van der Waals surface area contributed by atoms with Gasteiger partial charge in [-0.05, 0) is 49.2 Å². The largest absolute Gasteiger partial charge is 0.377 e. The number of hydrogen-bond acceptors (Lipinski definition) is 2. The van der Waals surface area contributed by atoms with Gasteiger partial charge in [-0.15, -0.1) is 0 Å². The van der Waals surface area contributed by atoms with E-state index in [9.17, 15) is 4.39 Å². The topological polar surface area (TPSA) is 35.8 Å². The number of benzene rings is 2. The second kappa shape index (κ2) is 5.94. The number of anilines is 1. The Morgan fingerprint density at radius 2 is 2.00 bits per heavy atom. The van der Waals surface area contributed by atoms with Crippen LogP contribution in [-0.4, -0.2) is 0 Å². The van der Waals surface area contributed by atoms with Crippen molar-refractivity contribution in [3.63, 3.8) is 0 Å². The first-order chi connectivity index (χ1) is 9.51. The van der Waals surface area contributed by atoms with Gasteiger partial charge in [0.2, 0.25) is 0 Å². The molecule has 20 heavy (non-hydrogen) atoms. The van der Waals surface area contributed by atoms with Crippen LogP contribution >= 0.6 is 11.6 Å². The van der Waals surface area contributed by atoms with Crippen LogP contribution in [0.5, 0.6) is 0 Å². The monoisotopic (exact) mass is 288 g/mol. The summed E-state index contributed by atoms with van der Waals surface area (Å²) in [6, 6.07) is 12.1. The fourth-order valence-corrected chi connectivity index (χ4v) is 2.13. The molecule has 0 bridgehead atoms. The van der Waals surface area contributed by atoms with E-state index in [1.807, 2.05) is 19.1 Å². The molecule has 4 heteroatoms. The van der Waals surface area contributed by atoms with Gasteiger partial charge in [0, 0.05) is 6.04 Å². The molecule has 2 nitrogen and oxygen atoms in total. The Labute approximate surface area is 122 Å². The zero-order chi connectivity index (χ0) is 14.7. The Kier molecular flexibility index (Phi) is 4.26. The summed E-state index contributed by atoms with van der Waals surface area (Å²) < 4.78 is 13.6. The summed E-state index contributed by atoms with van der Waals surface area (Å²) in [7, 11) is 0. The van der Waals surface area contributed by atoms with Gasteiger partial charge in [-0.2, -0.15) is 5.26 Å². The van der Waals surface area contributed by atoms with Gasteiger partial charge in [-0.25, -0.2) is 4.39 Å². The zero-order valence-corrected chi connectivity index (χ0v) is 12.0. The lowest BCUT2D eigenvalue weighted by atomic mass is 10.1. The Balaban J connectivity index is 2.21. The number of halogens is 2. The number of rotatable bonds is 3. The van der Waals surface area contributed by atoms with E-state index in [-0.39, 0.29) is 11.9 Å². The lowest BCUT2D eigenvalue weighted by Gasteiger charge is -2.17. The highest BCUT2D eigenvalue weighted by Gasteiger charge is 2.10. The molecule has 0 amide bonds. The highest BCUT2D eigenvalue weighted by molar-refractivity contribution is 6.33. The molecule has 1 N–H and O–H groups in total. The van der Waals surface area contributed by atoms with E-state index in [0.717, 1.165) is 11.3 Å². The number of nitrogens with zero attached hydrogens (tertiary/aromatic N) is 1. The lowest BCUT2D eigenvalue weighted by molar-refractivity contribution is 0.614. The summed E-state index contributed by atoms with van der Waals surface area (Å²) in [5, 5.41) is 12.5. The van der Waals surface area contributed by atoms with E-state index in [1.54, 1.807) is 31.2 Å². The second-order valence-electron chi connectivity index (χ2n) is 4.68. The minimum Gasteiger partial charge on any atom is -0.377 e. The molecule has 0 aliphatic heterocycles. The summed E-state index contributed by atoms with van der Waals surface area (Å²) in [5.74, 6) is -0.220. The van der Waals surface area contributed by atoms with Gasteiger partial charge in [-0.1, -0.05) is 23.7 Å². The third-order valence-corrected chi connectivity index (χ3v) is 3.48. The molecule has 102 valence electrons. The van der Waals surface area contributed by atoms with Crippen molar-refractivity contribution in [1.29, 1.82) is 5.26 Å². The molecule has 2 rings (SSSR count). The maximum atomic E-state index is 13.6. The van der Waals surface area contributed by atoms with Crippen LogP contribution in [0.15, 0.2) is 36.4 Å². The first kappa shape index (κ1) is 14.4. The molecule has 0 saturated carbocycles. The van der Waals surface area contributed by atoms with Crippen molar-refractivity contribution in [2.45, 2.75) is 19.9 Å². The second-order valence-corrected chi connectivity index (χ2v) is 5.09. The van der Waals surface area contributed by atoms with Gasteiger partial charge in [0.25, 0.3) is 0 Å². The van der Waals surface area contributed by atoms with E-state index in [4.69, 9.17) is 16.9 Å². The number of nitriles is 1. The van der Waals surface area contributed by atoms with Gasteiger partial charge in [0.1, 0.15) is 5.82 Å². The Bertz CT molecular complexity index is 677. The highest BCUT2D eigenvalue weighted by atomic mass is 35.5. The van der Waals surface area contributed by atoms with Crippen molar-refractivity contribution in [3.05, 3.63) is 63.9 Å². The average molecular weight is 289 g/mol. The highest BCUT2D eigenvalue weighted by Crippen LogP contribution is 2.27. The van der Waals surface area contributed by atoms with Gasteiger partial charge >= 0.3 is 0 Å². The van der Waals surface area contributed by atoms with Gasteiger partial charge in [-0.3, -0.25) is 0 Å². The van der Waals surface area contributed by atoms with Gasteiger partial charge < -0.3 is 5.32 Å². The standard InChI is InChI=1S/C16H14ClFN2/c1-10-3-5-13(8-15(10)18)11(2)20-16-6-4-12(9-19)7-14(16)17/h3-8,11,20H,1-2H3. The van der Waals surface area contributed by atoms with E-state index in [1.165, 1.54) is 6.07 Å². The van der Waals surface area contributed by atoms with Gasteiger partial charge in [0.15, 0.2) is 0 Å². The minimum absolute atomic E-state index is 0.0875. The maximum absolute atomic E-state index is 13.6. The first-order valence-electron chi connectivity index (χ1n) is 6.23. The van der Waals surface area contributed by atoms with Crippen LogP contribution in [-0.2, 0) is 0 Å². The predicted molar refractivity (Wildman–Crippen MR) is 79.3 cm³/mol. The molecule has 1 atom stereocenters. The van der Waals surface area contributed by atoms with Crippen molar-refractivity contribution >= 4 is 17.3 Å². The number of aryl methyl sites for hydroxylation is 1. The fraction of sp³-hybridized carbons (Fsp3) is 0.188. The van der Waals surface area contributed by atoms with E-state index in [0.29, 0.717) is 16.1 Å². The summed E-state index contributed by atoms with van der Waals surface area (Å²) in [5.41, 5.74) is 2.69. The number of hydrogen-bond donors (Lipinski definition) is 1. The Hall–Kier alpha value is -2.05. The van der Waals surface area contributed by atoms with E-state index < -0.39 is 0 Å². The SMILES string of the molecule is Cc1ccc(C(C)Nc2ccc(C#N)cc2Cl)cc1F. The molecule has 0 heterocycles. The molecule has 0 aromatic heterocycles. The van der Waals surface area contributed by atoms with Crippen LogP contribution in [0.4, 0.5) is 10.1 Å². The minimum atomic E-state index is -0.220. The van der Waals surface area contributed by atoms with E-state index in [2.05, 4.69) is 5.32 Å². The summed E-state index contributed by atoms with van der Waals surface area (Å²) in [6.07, 6.45) is 0. The normalized spacial score (nSPS) is 11.8. The third-order valence-electron chi connectivity index (χ3n) is 3.17. The molecule has 0 aliphatic rings. The quantitative estimate of drug-likeness (QED) is 0.878. The smallest absolute Gasteiger partial charge is 0.126 e. The first-order valence-corrected chi connectivity index (χ1v) is 6.61. The Morgan fingerprint density at radius 1 is 1.25 bits per heavy atom. The van der Waals surface area contributed by atoms with Crippen molar-refractivity contribution in [2.75, 3.05) is 5.32 Å². The molecule has 0 saturated heterocycles. The molecule has 2 aromatic carbocycles. The van der Waals surface area contributed by atoms with Crippen molar-refractivity contribution in [1.82, 2.24) is 0 Å². The molecule has 0 spiro atoms. The van der Waals surface area contributed by atoms with Crippen molar-refractivity contribution < 1.29 is 4.39 Å². The van der Waals surface area contributed by atoms with Crippen LogP contribution in [0.25, 0.3) is 0 Å². The molecule has 1 unspecified atom stereocenters. The van der Waals surface area contributed by atoms with E-state index >= 15 is 0 Å². The molecule has 0 aliphatic carbocycles. The van der Waals surface area contributed by atoms with Gasteiger partial charge in [0.05, 0.1) is 22.3 Å². The molecule has 0 radical (unpaired) electrons. The molecule has 2 aromatic rings. The molecular weight excluding hydrogens is 275 g/mol. The Morgan fingerprint density at radius 3 is 2.60 bits per heavy atom. The van der Waals surface area contributed by atoms with Crippen LogP contribution in [0, 0.1) is 24.1 Å². The van der Waals surface area contributed by atoms with Crippen LogP contribution in [0.3, 0.4) is 0 Å². The van der Waals surface area contributed by atoms with Crippen LogP contribution in [0.2, 0.25) is 5.02 Å². The van der Waals surface area contributed by atoms with Crippen molar-refractivity contribution in [3.8, 4) is 6.07 Å². The summed E-state index contributed by atoms with van der Waals surface area (Å²) in [4.78, 5) is 0. The zero-order valence-electron chi connectivity index (χ0n) is 11.2. The van der Waals surface area contributed by atoms with Crippen LogP contribution < -0.4 is 5.32 Å². The third kappa shape index (κ3) is 3.09. The molecular formula is C16H14ClFN2. The lowest BCUT2D eigenvalue weighted by Crippen LogP contribution is -2.07. The molecule has 0 fully saturated rings. The fourth-order valence-electron chi connectivity index (χ4n) is 1.90. The maximum Gasteiger partial charge on any atom is 0.126 e. The predicted octanol–water partition coefficient (Wildman–Crippen LogP) is 4.83. The average Bonchev–Trinajstić information content (AvgIpc) is 2.43. The number of nitrogens with one attached hydrogen (secondary N) is 1. The van der Waals surface area contributed by atoms with Crippen molar-refractivity contribution in [2.24, 2.45) is 0 Å².